The smallest absolute Gasteiger partial charge is 0.0906 e. The van der Waals surface area contributed by atoms with Crippen LogP contribution < -0.4 is 5.32 Å². The molecule has 0 aliphatic rings. The average Bonchev–Trinajstić information content (AvgIpc) is 2.00. The van der Waals surface area contributed by atoms with E-state index in [1.54, 1.807) is 0 Å². The molecule has 0 radical (unpaired) electrons. The third kappa shape index (κ3) is 7.95. The number of likely N-dealkylation sites (N-methyl/N-ethyl adjacent to an activating group) is 1. The van der Waals surface area contributed by atoms with Gasteiger partial charge in [-0.25, -0.2) is 0 Å². The molecule has 0 aromatic heterocycles. The summed E-state index contributed by atoms with van der Waals surface area (Å²) in [4.78, 5) is 2.15. The number of rotatable bonds is 7. The van der Waals surface area contributed by atoms with E-state index in [0.29, 0.717) is 12.5 Å². The highest BCUT2D eigenvalue weighted by atomic mass is 19.1. The van der Waals surface area contributed by atoms with Crippen molar-refractivity contribution < 1.29 is 4.39 Å². The van der Waals surface area contributed by atoms with E-state index in [1.165, 1.54) is 0 Å². The molecule has 0 saturated carbocycles. The molecular weight excluding hydrogens is 155 g/mol. The first-order valence-electron chi connectivity index (χ1n) is 4.64. The van der Waals surface area contributed by atoms with Crippen molar-refractivity contribution in [2.75, 3.05) is 33.4 Å². The number of nitrogens with zero attached hydrogens (tertiary/aromatic N) is 1. The second-order valence-corrected chi connectivity index (χ2v) is 3.45. The summed E-state index contributed by atoms with van der Waals surface area (Å²) < 4.78 is 11.8. The lowest BCUT2D eigenvalue weighted by atomic mass is 10.4. The zero-order chi connectivity index (χ0) is 9.40. The molecular formula is C9H21FN2. The largest absolute Gasteiger partial charge is 0.313 e. The number of nitrogens with one attached hydrogen (secondary N) is 1. The van der Waals surface area contributed by atoms with E-state index in [2.05, 4.69) is 24.1 Å². The van der Waals surface area contributed by atoms with Crippen LogP contribution in [-0.2, 0) is 0 Å². The molecule has 3 heteroatoms. The molecule has 0 atom stereocenters. The van der Waals surface area contributed by atoms with Crippen LogP contribution in [0.5, 0.6) is 0 Å². The monoisotopic (exact) mass is 176 g/mol. The average molecular weight is 176 g/mol. The molecule has 0 aliphatic heterocycles. The third-order valence-electron chi connectivity index (χ3n) is 1.72. The summed E-state index contributed by atoms with van der Waals surface area (Å²) in [5, 5.41) is 3.32. The van der Waals surface area contributed by atoms with Crippen LogP contribution in [0.25, 0.3) is 0 Å². The van der Waals surface area contributed by atoms with E-state index in [4.69, 9.17) is 0 Å². The molecule has 0 saturated heterocycles. The van der Waals surface area contributed by atoms with Gasteiger partial charge < -0.3 is 10.2 Å². The Bertz CT molecular complexity index is 96.5. The Balaban J connectivity index is 3.13. The molecule has 12 heavy (non-hydrogen) atoms. The minimum absolute atomic E-state index is 0.206. The van der Waals surface area contributed by atoms with Gasteiger partial charge in [0.1, 0.15) is 0 Å². The fourth-order valence-corrected chi connectivity index (χ4v) is 0.986. The summed E-state index contributed by atoms with van der Waals surface area (Å²) >= 11 is 0. The topological polar surface area (TPSA) is 15.3 Å². The minimum Gasteiger partial charge on any atom is -0.313 e. The lowest BCUT2D eigenvalue weighted by Gasteiger charge is -2.16. The van der Waals surface area contributed by atoms with Crippen molar-refractivity contribution >= 4 is 0 Å². The molecule has 0 amide bonds. The number of hydrogen-bond donors (Lipinski definition) is 1. The predicted molar refractivity (Wildman–Crippen MR) is 51.2 cm³/mol. The first-order chi connectivity index (χ1) is 5.66. The third-order valence-corrected chi connectivity index (χ3v) is 1.72. The maximum Gasteiger partial charge on any atom is 0.0906 e. The second kappa shape index (κ2) is 7.50. The van der Waals surface area contributed by atoms with Crippen LogP contribution in [0.2, 0.25) is 0 Å². The SMILES string of the molecule is CC(C)NCCN(C)CCCF. The van der Waals surface area contributed by atoms with Gasteiger partial charge in [-0.15, -0.1) is 0 Å². The Morgan fingerprint density at radius 2 is 2.00 bits per heavy atom. The minimum atomic E-state index is -0.206. The van der Waals surface area contributed by atoms with E-state index in [0.717, 1.165) is 19.6 Å². The molecule has 2 nitrogen and oxygen atoms in total. The lowest BCUT2D eigenvalue weighted by molar-refractivity contribution is 0.305. The van der Waals surface area contributed by atoms with Crippen molar-refractivity contribution in [1.82, 2.24) is 10.2 Å². The van der Waals surface area contributed by atoms with Crippen molar-refractivity contribution in [1.29, 1.82) is 0 Å². The van der Waals surface area contributed by atoms with Gasteiger partial charge in [-0.1, -0.05) is 13.8 Å². The second-order valence-electron chi connectivity index (χ2n) is 3.45. The molecule has 0 rings (SSSR count). The maximum atomic E-state index is 11.8. The normalized spacial score (nSPS) is 11.5. The lowest BCUT2D eigenvalue weighted by Crippen LogP contribution is -2.33. The maximum absolute atomic E-state index is 11.8. The van der Waals surface area contributed by atoms with Crippen LogP contribution in [0.15, 0.2) is 0 Å². The van der Waals surface area contributed by atoms with Crippen molar-refractivity contribution in [2.24, 2.45) is 0 Å². The van der Waals surface area contributed by atoms with E-state index in [-0.39, 0.29) is 6.67 Å². The van der Waals surface area contributed by atoms with Gasteiger partial charge in [0.05, 0.1) is 6.67 Å². The van der Waals surface area contributed by atoms with Crippen LogP contribution in [0.3, 0.4) is 0 Å². The van der Waals surface area contributed by atoms with Gasteiger partial charge in [0.25, 0.3) is 0 Å². The summed E-state index contributed by atoms with van der Waals surface area (Å²) in [5.74, 6) is 0. The Labute approximate surface area is 75.1 Å². The highest BCUT2D eigenvalue weighted by Gasteiger charge is 1.97. The van der Waals surface area contributed by atoms with Crippen molar-refractivity contribution in [3.63, 3.8) is 0 Å². The van der Waals surface area contributed by atoms with Gasteiger partial charge in [0.15, 0.2) is 0 Å². The Morgan fingerprint density at radius 1 is 1.33 bits per heavy atom. The first kappa shape index (κ1) is 11.8. The number of halogens is 1. The zero-order valence-electron chi connectivity index (χ0n) is 8.44. The van der Waals surface area contributed by atoms with E-state index in [1.807, 2.05) is 7.05 Å². The Morgan fingerprint density at radius 3 is 2.50 bits per heavy atom. The van der Waals surface area contributed by atoms with Crippen molar-refractivity contribution in [2.45, 2.75) is 26.3 Å². The van der Waals surface area contributed by atoms with Crippen LogP contribution in [0.4, 0.5) is 4.39 Å². The van der Waals surface area contributed by atoms with Gasteiger partial charge in [0, 0.05) is 25.7 Å². The standard InChI is InChI=1S/C9H21FN2/c1-9(2)11-6-8-12(3)7-4-5-10/h9,11H,4-8H2,1-3H3. The highest BCUT2D eigenvalue weighted by Crippen LogP contribution is 1.87. The number of alkyl halides is 1. The quantitative estimate of drug-likeness (QED) is 0.628. The van der Waals surface area contributed by atoms with Gasteiger partial charge in [-0.05, 0) is 13.5 Å². The van der Waals surface area contributed by atoms with Crippen molar-refractivity contribution in [3.05, 3.63) is 0 Å². The molecule has 0 aromatic carbocycles. The fraction of sp³-hybridized carbons (Fsp3) is 1.00. The molecule has 1 N–H and O–H groups in total. The molecule has 0 fully saturated rings. The van der Waals surface area contributed by atoms with Crippen LogP contribution >= 0.6 is 0 Å². The molecule has 0 aliphatic carbocycles. The molecule has 0 aromatic rings. The number of hydrogen-bond acceptors (Lipinski definition) is 2. The van der Waals surface area contributed by atoms with E-state index >= 15 is 0 Å². The van der Waals surface area contributed by atoms with Crippen LogP contribution in [0.1, 0.15) is 20.3 Å². The summed E-state index contributed by atoms with van der Waals surface area (Å²) in [5.41, 5.74) is 0. The summed E-state index contributed by atoms with van der Waals surface area (Å²) in [6.07, 6.45) is 0.651. The summed E-state index contributed by atoms with van der Waals surface area (Å²) in [7, 11) is 2.03. The summed E-state index contributed by atoms with van der Waals surface area (Å²) in [6, 6.07) is 0.541. The van der Waals surface area contributed by atoms with Gasteiger partial charge in [0.2, 0.25) is 0 Å². The van der Waals surface area contributed by atoms with Crippen LogP contribution in [-0.4, -0.2) is 44.3 Å². The van der Waals surface area contributed by atoms with Crippen molar-refractivity contribution in [3.8, 4) is 0 Å². The van der Waals surface area contributed by atoms with Gasteiger partial charge in [-0.2, -0.15) is 0 Å². The van der Waals surface area contributed by atoms with E-state index < -0.39 is 0 Å². The van der Waals surface area contributed by atoms with Gasteiger partial charge in [-0.3, -0.25) is 4.39 Å². The highest BCUT2D eigenvalue weighted by molar-refractivity contribution is 4.57. The van der Waals surface area contributed by atoms with E-state index in [9.17, 15) is 4.39 Å². The molecule has 0 bridgehead atoms. The Hall–Kier alpha value is -0.150. The molecule has 0 heterocycles. The fourth-order valence-electron chi connectivity index (χ4n) is 0.986. The molecule has 0 unspecified atom stereocenters. The predicted octanol–water partition coefficient (Wildman–Crippen LogP) is 1.28. The van der Waals surface area contributed by atoms with Gasteiger partial charge >= 0.3 is 0 Å². The van der Waals surface area contributed by atoms with Crippen LogP contribution in [0, 0.1) is 0 Å². The zero-order valence-corrected chi connectivity index (χ0v) is 8.44. The first-order valence-corrected chi connectivity index (χ1v) is 4.64. The summed E-state index contributed by atoms with van der Waals surface area (Å²) in [6.45, 7) is 6.89. The molecule has 0 spiro atoms. The Kier molecular flexibility index (Phi) is 7.40. The molecule has 74 valence electrons.